The van der Waals surface area contributed by atoms with E-state index in [-0.39, 0.29) is 0 Å². The van der Waals surface area contributed by atoms with Crippen LogP contribution in [-0.4, -0.2) is 22.2 Å². The quantitative estimate of drug-likeness (QED) is 0.794. The molecule has 1 atom stereocenters. The van der Waals surface area contributed by atoms with Crippen LogP contribution in [0.5, 0.6) is 0 Å². The average Bonchev–Trinajstić information content (AvgIpc) is 2.15. The number of nitrogens with zero attached hydrogens (tertiary/aromatic N) is 1. The van der Waals surface area contributed by atoms with E-state index in [4.69, 9.17) is 0 Å². The zero-order valence-electron chi connectivity index (χ0n) is 10.7. The SMILES string of the molecule is CC(C)CC(C)(O)CNCc1cccc(Br)n1. The molecule has 0 aliphatic rings. The molecular weight excluding hydrogens is 280 g/mol. The number of halogens is 1. The van der Waals surface area contributed by atoms with Gasteiger partial charge in [-0.15, -0.1) is 0 Å². The molecule has 3 nitrogen and oxygen atoms in total. The zero-order valence-corrected chi connectivity index (χ0v) is 12.3. The van der Waals surface area contributed by atoms with Crippen molar-refractivity contribution in [1.29, 1.82) is 0 Å². The summed E-state index contributed by atoms with van der Waals surface area (Å²) in [6.07, 6.45) is 0.798. The lowest BCUT2D eigenvalue weighted by atomic mass is 9.94. The second-order valence-electron chi connectivity index (χ2n) is 5.15. The van der Waals surface area contributed by atoms with E-state index in [9.17, 15) is 5.11 Å². The van der Waals surface area contributed by atoms with Gasteiger partial charge in [0.25, 0.3) is 0 Å². The molecular formula is C13H21BrN2O. The molecule has 2 N–H and O–H groups in total. The molecule has 4 heteroatoms. The summed E-state index contributed by atoms with van der Waals surface area (Å²) >= 11 is 3.34. The second kappa shape index (κ2) is 6.47. The van der Waals surface area contributed by atoms with E-state index in [2.05, 4.69) is 40.1 Å². The minimum absolute atomic E-state index is 0.496. The summed E-state index contributed by atoms with van der Waals surface area (Å²) < 4.78 is 0.839. The molecule has 0 radical (unpaired) electrons. The Balaban J connectivity index is 2.37. The molecule has 1 heterocycles. The van der Waals surface area contributed by atoms with Gasteiger partial charge in [0, 0.05) is 13.1 Å². The first kappa shape index (κ1) is 14.6. The fourth-order valence-corrected chi connectivity index (χ4v) is 2.34. The van der Waals surface area contributed by atoms with Gasteiger partial charge in [-0.1, -0.05) is 19.9 Å². The van der Waals surface area contributed by atoms with Crippen LogP contribution >= 0.6 is 15.9 Å². The molecule has 1 aromatic rings. The average molecular weight is 301 g/mol. The number of aliphatic hydroxyl groups is 1. The van der Waals surface area contributed by atoms with Crippen molar-refractivity contribution < 1.29 is 5.11 Å². The highest BCUT2D eigenvalue weighted by molar-refractivity contribution is 9.10. The van der Waals surface area contributed by atoms with Gasteiger partial charge in [-0.25, -0.2) is 4.98 Å². The maximum atomic E-state index is 10.1. The molecule has 0 aliphatic carbocycles. The van der Waals surface area contributed by atoms with Gasteiger partial charge < -0.3 is 10.4 Å². The smallest absolute Gasteiger partial charge is 0.106 e. The van der Waals surface area contributed by atoms with E-state index < -0.39 is 5.60 Å². The monoisotopic (exact) mass is 300 g/mol. The molecule has 1 aromatic heterocycles. The van der Waals surface area contributed by atoms with Gasteiger partial charge in [0.2, 0.25) is 0 Å². The predicted octanol–water partition coefficient (Wildman–Crippen LogP) is 2.73. The Hall–Kier alpha value is -0.450. The van der Waals surface area contributed by atoms with E-state index >= 15 is 0 Å². The van der Waals surface area contributed by atoms with Gasteiger partial charge in [0.15, 0.2) is 0 Å². The summed E-state index contributed by atoms with van der Waals surface area (Å²) in [5.41, 5.74) is 0.319. The van der Waals surface area contributed by atoms with E-state index in [1.165, 1.54) is 0 Å². The van der Waals surface area contributed by atoms with Crippen LogP contribution in [-0.2, 0) is 6.54 Å². The molecule has 0 saturated heterocycles. The summed E-state index contributed by atoms with van der Waals surface area (Å²) in [6, 6.07) is 5.83. The van der Waals surface area contributed by atoms with Gasteiger partial charge >= 0.3 is 0 Å². The van der Waals surface area contributed by atoms with Crippen molar-refractivity contribution >= 4 is 15.9 Å². The van der Waals surface area contributed by atoms with Gasteiger partial charge in [-0.2, -0.15) is 0 Å². The lowest BCUT2D eigenvalue weighted by molar-refractivity contribution is 0.0382. The molecule has 1 rings (SSSR count). The molecule has 0 aliphatic heterocycles. The highest BCUT2D eigenvalue weighted by Crippen LogP contribution is 2.15. The van der Waals surface area contributed by atoms with Crippen molar-refractivity contribution in [3.63, 3.8) is 0 Å². The first-order valence-corrected chi connectivity index (χ1v) is 6.73. The van der Waals surface area contributed by atoms with Crippen LogP contribution in [0.2, 0.25) is 0 Å². The van der Waals surface area contributed by atoms with Crippen molar-refractivity contribution in [1.82, 2.24) is 10.3 Å². The molecule has 0 bridgehead atoms. The number of rotatable bonds is 6. The van der Waals surface area contributed by atoms with E-state index in [0.717, 1.165) is 16.7 Å². The van der Waals surface area contributed by atoms with Gasteiger partial charge in [-0.3, -0.25) is 0 Å². The van der Waals surface area contributed by atoms with Gasteiger partial charge in [-0.05, 0) is 47.3 Å². The summed E-state index contributed by atoms with van der Waals surface area (Å²) in [6.45, 7) is 7.36. The van der Waals surface area contributed by atoms with Crippen molar-refractivity contribution in [3.8, 4) is 0 Å². The Bertz CT molecular complexity index is 353. The second-order valence-corrected chi connectivity index (χ2v) is 5.96. The predicted molar refractivity (Wildman–Crippen MR) is 73.7 cm³/mol. The minimum Gasteiger partial charge on any atom is -0.389 e. The number of pyridine rings is 1. The molecule has 17 heavy (non-hydrogen) atoms. The van der Waals surface area contributed by atoms with E-state index in [1.807, 2.05) is 25.1 Å². The zero-order chi connectivity index (χ0) is 12.9. The summed E-state index contributed by atoms with van der Waals surface area (Å²) in [4.78, 5) is 4.33. The third-order valence-corrected chi connectivity index (χ3v) is 2.87. The molecule has 0 fully saturated rings. The van der Waals surface area contributed by atoms with Gasteiger partial charge in [0.05, 0.1) is 11.3 Å². The number of nitrogens with one attached hydrogen (secondary N) is 1. The van der Waals surface area contributed by atoms with Gasteiger partial charge in [0.1, 0.15) is 4.60 Å². The van der Waals surface area contributed by atoms with Crippen molar-refractivity contribution in [2.24, 2.45) is 5.92 Å². The number of aromatic nitrogens is 1. The molecule has 0 spiro atoms. The van der Waals surface area contributed by atoms with Crippen LogP contribution in [0.25, 0.3) is 0 Å². The molecule has 0 amide bonds. The Morgan fingerprint density at radius 3 is 2.76 bits per heavy atom. The molecule has 0 saturated carbocycles. The maximum Gasteiger partial charge on any atom is 0.106 e. The Morgan fingerprint density at radius 1 is 1.47 bits per heavy atom. The molecule has 1 unspecified atom stereocenters. The lowest BCUT2D eigenvalue weighted by Gasteiger charge is -2.25. The summed E-state index contributed by atoms with van der Waals surface area (Å²) in [7, 11) is 0. The highest BCUT2D eigenvalue weighted by Gasteiger charge is 2.20. The van der Waals surface area contributed by atoms with Crippen molar-refractivity contribution in [3.05, 3.63) is 28.5 Å². The van der Waals surface area contributed by atoms with Crippen LogP contribution in [0.15, 0.2) is 22.8 Å². The van der Waals surface area contributed by atoms with Crippen LogP contribution in [0.1, 0.15) is 32.9 Å². The van der Waals surface area contributed by atoms with Crippen LogP contribution in [0, 0.1) is 5.92 Å². The Kier molecular flexibility index (Phi) is 5.56. The Labute approximate surface area is 112 Å². The highest BCUT2D eigenvalue weighted by atomic mass is 79.9. The number of hydrogen-bond donors (Lipinski definition) is 2. The van der Waals surface area contributed by atoms with E-state index in [0.29, 0.717) is 19.0 Å². The normalized spacial score (nSPS) is 14.9. The first-order chi connectivity index (χ1) is 7.89. The van der Waals surface area contributed by atoms with Crippen LogP contribution in [0.3, 0.4) is 0 Å². The lowest BCUT2D eigenvalue weighted by Crippen LogP contribution is -2.38. The molecule has 96 valence electrons. The topological polar surface area (TPSA) is 45.1 Å². The number of hydrogen-bond acceptors (Lipinski definition) is 3. The maximum absolute atomic E-state index is 10.1. The minimum atomic E-state index is -0.653. The largest absolute Gasteiger partial charge is 0.389 e. The third kappa shape index (κ3) is 6.15. The summed E-state index contributed by atoms with van der Waals surface area (Å²) in [5, 5.41) is 13.4. The molecule has 0 aromatic carbocycles. The first-order valence-electron chi connectivity index (χ1n) is 5.93. The van der Waals surface area contributed by atoms with Crippen LogP contribution < -0.4 is 5.32 Å². The Morgan fingerprint density at radius 2 is 2.18 bits per heavy atom. The third-order valence-electron chi connectivity index (χ3n) is 2.43. The fraction of sp³-hybridized carbons (Fsp3) is 0.615. The van der Waals surface area contributed by atoms with Crippen molar-refractivity contribution in [2.75, 3.05) is 6.54 Å². The fourth-order valence-electron chi connectivity index (χ4n) is 1.96. The van der Waals surface area contributed by atoms with Crippen molar-refractivity contribution in [2.45, 2.75) is 39.3 Å². The standard InChI is InChI=1S/C13H21BrN2O/c1-10(2)7-13(3,17)9-15-8-11-5-4-6-12(14)16-11/h4-6,10,15,17H,7-9H2,1-3H3. The van der Waals surface area contributed by atoms with E-state index in [1.54, 1.807) is 0 Å². The van der Waals surface area contributed by atoms with Crippen LogP contribution in [0.4, 0.5) is 0 Å². The summed E-state index contributed by atoms with van der Waals surface area (Å²) in [5.74, 6) is 0.496.